The van der Waals surface area contributed by atoms with Crippen molar-refractivity contribution in [3.8, 4) is 5.75 Å². The Bertz CT molecular complexity index is 523. The van der Waals surface area contributed by atoms with Crippen molar-refractivity contribution < 1.29 is 9.90 Å². The Kier molecular flexibility index (Phi) is 3.68. The number of amides is 1. The van der Waals surface area contributed by atoms with E-state index in [0.717, 1.165) is 9.13 Å². The number of rotatable bonds is 3. The van der Waals surface area contributed by atoms with E-state index in [9.17, 15) is 9.90 Å². The lowest BCUT2D eigenvalue weighted by Crippen LogP contribution is -2.22. The van der Waals surface area contributed by atoms with E-state index in [1.165, 1.54) is 6.07 Å². The molecule has 17 heavy (non-hydrogen) atoms. The van der Waals surface area contributed by atoms with Gasteiger partial charge in [0.25, 0.3) is 5.91 Å². The Hall–Kier alpha value is -1.50. The number of phenols is 1. The zero-order valence-electron chi connectivity index (χ0n) is 8.90. The first-order chi connectivity index (χ1) is 8.16. The van der Waals surface area contributed by atoms with Crippen molar-refractivity contribution >= 4 is 28.5 Å². The summed E-state index contributed by atoms with van der Waals surface area (Å²) < 4.78 is 0.727. The summed E-state index contributed by atoms with van der Waals surface area (Å²) in [5.74, 6) is -0.0715. The molecule has 2 aromatic rings. The van der Waals surface area contributed by atoms with Crippen molar-refractivity contribution in [2.45, 2.75) is 6.54 Å². The van der Waals surface area contributed by atoms with Gasteiger partial charge in [-0.15, -0.1) is 0 Å². The highest BCUT2D eigenvalue weighted by Crippen LogP contribution is 2.20. The zero-order chi connectivity index (χ0) is 12.3. The van der Waals surface area contributed by atoms with Crippen molar-refractivity contribution in [1.82, 2.24) is 10.3 Å². The highest BCUT2D eigenvalue weighted by Gasteiger charge is 2.07. The number of hydrogen-bond acceptors (Lipinski definition) is 2. The number of carbonyl (C=O) groups is 1. The Labute approximate surface area is 112 Å². The SMILES string of the molecule is O=C(NCc1cc[nH]c1)c1ccc(I)c(O)c1. The lowest BCUT2D eigenvalue weighted by atomic mass is 10.2. The van der Waals surface area contributed by atoms with Gasteiger partial charge in [0, 0.05) is 24.5 Å². The van der Waals surface area contributed by atoms with Gasteiger partial charge in [-0.3, -0.25) is 4.79 Å². The van der Waals surface area contributed by atoms with Crippen LogP contribution in [0, 0.1) is 3.57 Å². The molecule has 0 radical (unpaired) electrons. The first kappa shape index (κ1) is 12.0. The van der Waals surface area contributed by atoms with Crippen LogP contribution in [-0.4, -0.2) is 16.0 Å². The van der Waals surface area contributed by atoms with Crippen LogP contribution in [0.15, 0.2) is 36.7 Å². The fraction of sp³-hybridized carbons (Fsp3) is 0.0833. The van der Waals surface area contributed by atoms with Crippen LogP contribution in [-0.2, 0) is 6.54 Å². The van der Waals surface area contributed by atoms with Gasteiger partial charge < -0.3 is 15.4 Å². The van der Waals surface area contributed by atoms with Gasteiger partial charge in [0.15, 0.2) is 0 Å². The first-order valence-corrected chi connectivity index (χ1v) is 6.13. The highest BCUT2D eigenvalue weighted by molar-refractivity contribution is 14.1. The van der Waals surface area contributed by atoms with Crippen molar-refractivity contribution in [3.05, 3.63) is 51.4 Å². The van der Waals surface area contributed by atoms with Crippen LogP contribution in [0.3, 0.4) is 0 Å². The number of hydrogen-bond donors (Lipinski definition) is 3. The van der Waals surface area contributed by atoms with Gasteiger partial charge in [-0.2, -0.15) is 0 Å². The number of phenolic OH excluding ortho intramolecular Hbond substituents is 1. The molecule has 0 aliphatic carbocycles. The van der Waals surface area contributed by atoms with Gasteiger partial charge in [0.1, 0.15) is 5.75 Å². The molecule has 1 amide bonds. The summed E-state index contributed by atoms with van der Waals surface area (Å²) in [5, 5.41) is 12.3. The van der Waals surface area contributed by atoms with Crippen LogP contribution >= 0.6 is 22.6 Å². The van der Waals surface area contributed by atoms with E-state index >= 15 is 0 Å². The number of H-pyrrole nitrogens is 1. The van der Waals surface area contributed by atoms with Gasteiger partial charge in [0.2, 0.25) is 0 Å². The van der Waals surface area contributed by atoms with Crippen LogP contribution in [0.1, 0.15) is 15.9 Å². The third-order valence-electron chi connectivity index (χ3n) is 2.32. The number of aromatic nitrogens is 1. The average Bonchev–Trinajstić information content (AvgIpc) is 2.82. The molecule has 0 saturated carbocycles. The Morgan fingerprint density at radius 1 is 1.41 bits per heavy atom. The fourth-order valence-corrected chi connectivity index (χ4v) is 1.74. The molecule has 5 heteroatoms. The van der Waals surface area contributed by atoms with E-state index in [4.69, 9.17) is 0 Å². The largest absolute Gasteiger partial charge is 0.507 e. The summed E-state index contributed by atoms with van der Waals surface area (Å²) >= 11 is 2.01. The number of nitrogens with one attached hydrogen (secondary N) is 2. The standard InChI is InChI=1S/C12H11IN2O2/c13-10-2-1-9(5-11(10)16)12(17)15-7-8-3-4-14-6-8/h1-6,14,16H,7H2,(H,15,17). The number of aromatic amines is 1. The molecule has 0 atom stereocenters. The number of carbonyl (C=O) groups excluding carboxylic acids is 1. The average molecular weight is 342 g/mol. The Balaban J connectivity index is 2.02. The lowest BCUT2D eigenvalue weighted by molar-refractivity contribution is 0.0950. The van der Waals surface area contributed by atoms with E-state index in [2.05, 4.69) is 10.3 Å². The summed E-state index contributed by atoms with van der Waals surface area (Å²) in [4.78, 5) is 14.7. The maximum atomic E-state index is 11.8. The predicted molar refractivity (Wildman–Crippen MR) is 72.8 cm³/mol. The van der Waals surface area contributed by atoms with Crippen LogP contribution in [0.5, 0.6) is 5.75 Å². The van der Waals surface area contributed by atoms with Crippen molar-refractivity contribution in [2.75, 3.05) is 0 Å². The molecule has 0 bridgehead atoms. The summed E-state index contributed by atoms with van der Waals surface area (Å²) in [6, 6.07) is 6.76. The molecular weight excluding hydrogens is 331 g/mol. The topological polar surface area (TPSA) is 65.1 Å². The van der Waals surface area contributed by atoms with Crippen LogP contribution in [0.4, 0.5) is 0 Å². The van der Waals surface area contributed by atoms with E-state index in [-0.39, 0.29) is 11.7 Å². The van der Waals surface area contributed by atoms with Crippen LogP contribution < -0.4 is 5.32 Å². The predicted octanol–water partition coefficient (Wildman–Crippen LogP) is 2.25. The second-order valence-electron chi connectivity index (χ2n) is 3.57. The fourth-order valence-electron chi connectivity index (χ4n) is 1.41. The molecule has 2 rings (SSSR count). The summed E-state index contributed by atoms with van der Waals surface area (Å²) in [6.45, 7) is 0.467. The monoisotopic (exact) mass is 342 g/mol. The van der Waals surface area contributed by atoms with Crippen molar-refractivity contribution in [3.63, 3.8) is 0 Å². The molecule has 0 spiro atoms. The molecule has 0 aliphatic heterocycles. The zero-order valence-corrected chi connectivity index (χ0v) is 11.1. The Morgan fingerprint density at radius 3 is 2.88 bits per heavy atom. The molecule has 0 aliphatic rings. The quantitative estimate of drug-likeness (QED) is 0.749. The maximum Gasteiger partial charge on any atom is 0.251 e. The molecule has 3 N–H and O–H groups in total. The smallest absolute Gasteiger partial charge is 0.251 e. The summed E-state index contributed by atoms with van der Waals surface area (Å²) in [6.07, 6.45) is 3.63. The molecule has 88 valence electrons. The molecule has 0 saturated heterocycles. The molecule has 4 nitrogen and oxygen atoms in total. The van der Waals surface area contributed by atoms with Gasteiger partial charge >= 0.3 is 0 Å². The minimum Gasteiger partial charge on any atom is -0.507 e. The number of halogens is 1. The minimum absolute atomic E-state index is 0.125. The van der Waals surface area contributed by atoms with Gasteiger partial charge in [-0.1, -0.05) is 0 Å². The van der Waals surface area contributed by atoms with Crippen LogP contribution in [0.25, 0.3) is 0 Å². The van der Waals surface area contributed by atoms with E-state index in [1.807, 2.05) is 34.9 Å². The normalized spacial score (nSPS) is 10.2. The van der Waals surface area contributed by atoms with E-state index in [1.54, 1.807) is 18.3 Å². The molecule has 1 aromatic heterocycles. The van der Waals surface area contributed by atoms with Gasteiger partial charge in [0.05, 0.1) is 3.57 Å². The summed E-state index contributed by atoms with van der Waals surface area (Å²) in [5.41, 5.74) is 1.46. The maximum absolute atomic E-state index is 11.8. The van der Waals surface area contributed by atoms with E-state index < -0.39 is 0 Å². The minimum atomic E-state index is -0.196. The second kappa shape index (κ2) is 5.22. The molecule has 1 heterocycles. The van der Waals surface area contributed by atoms with Crippen molar-refractivity contribution in [2.24, 2.45) is 0 Å². The lowest BCUT2D eigenvalue weighted by Gasteiger charge is -2.05. The van der Waals surface area contributed by atoms with Crippen LogP contribution in [0.2, 0.25) is 0 Å². The second-order valence-corrected chi connectivity index (χ2v) is 4.73. The Morgan fingerprint density at radius 2 is 2.24 bits per heavy atom. The van der Waals surface area contributed by atoms with Crippen molar-refractivity contribution in [1.29, 1.82) is 0 Å². The highest BCUT2D eigenvalue weighted by atomic mass is 127. The third-order valence-corrected chi connectivity index (χ3v) is 3.24. The number of benzene rings is 1. The van der Waals surface area contributed by atoms with Gasteiger partial charge in [-0.25, -0.2) is 0 Å². The third kappa shape index (κ3) is 3.00. The summed E-state index contributed by atoms with van der Waals surface area (Å²) in [7, 11) is 0. The number of aromatic hydroxyl groups is 1. The molecular formula is C12H11IN2O2. The molecule has 1 aromatic carbocycles. The molecule has 0 unspecified atom stereocenters. The van der Waals surface area contributed by atoms with Gasteiger partial charge in [-0.05, 0) is 52.4 Å². The van der Waals surface area contributed by atoms with E-state index in [0.29, 0.717) is 12.1 Å². The first-order valence-electron chi connectivity index (χ1n) is 5.05. The molecule has 0 fully saturated rings.